The number of hydrogen-bond acceptors (Lipinski definition) is 10. The largest absolute Gasteiger partial charge is 0.456 e. The molecule has 0 aromatic heterocycles. The number of aryl methyl sites for hydroxylation is 1. The van der Waals surface area contributed by atoms with E-state index in [1.165, 1.54) is 30.3 Å². The molecule has 320 valence electrons. The number of rotatable bonds is 10. The van der Waals surface area contributed by atoms with Crippen molar-refractivity contribution in [3.8, 4) is 5.75 Å². The van der Waals surface area contributed by atoms with Gasteiger partial charge in [0.2, 0.25) is 11.9 Å². The van der Waals surface area contributed by atoms with E-state index < -0.39 is 40.9 Å². The summed E-state index contributed by atoms with van der Waals surface area (Å²) in [6.45, 7) is 24.5. The van der Waals surface area contributed by atoms with E-state index in [2.05, 4.69) is 36.4 Å². The SMILES string of the molecule is CCN(Cc1cc(C(=O)OC(C)(C)C)cc(C(C)(C)C)c1)C(=O)CCc1ccc(OC(=O)c2ccc(N=C(NC(=O)OC(C)(C)C)NC(=O)OC(C)(C)C)cc2)cc1Cl. The molecule has 3 amide bonds. The molecule has 3 aromatic carbocycles. The molecule has 0 aliphatic carbocycles. The summed E-state index contributed by atoms with van der Waals surface area (Å²) in [7, 11) is 0. The topological polar surface area (TPSA) is 162 Å². The van der Waals surface area contributed by atoms with Gasteiger partial charge in [-0.2, -0.15) is 0 Å². The Morgan fingerprint density at radius 1 is 0.678 bits per heavy atom. The number of amides is 3. The molecule has 14 heteroatoms. The van der Waals surface area contributed by atoms with Gasteiger partial charge in [-0.3, -0.25) is 15.4 Å². The van der Waals surface area contributed by atoms with E-state index in [-0.39, 0.29) is 40.7 Å². The van der Waals surface area contributed by atoms with Crippen LogP contribution in [0.3, 0.4) is 0 Å². The van der Waals surface area contributed by atoms with Crippen molar-refractivity contribution in [2.24, 2.45) is 4.99 Å². The van der Waals surface area contributed by atoms with Gasteiger partial charge >= 0.3 is 24.1 Å². The number of aliphatic imine (C=N–C) groups is 1. The molecule has 3 rings (SSSR count). The van der Waals surface area contributed by atoms with Gasteiger partial charge in [0.25, 0.3) is 0 Å². The molecule has 0 aliphatic heterocycles. The van der Waals surface area contributed by atoms with Gasteiger partial charge in [-0.05, 0) is 146 Å². The van der Waals surface area contributed by atoms with Crippen molar-refractivity contribution in [1.82, 2.24) is 15.5 Å². The third-order valence-electron chi connectivity index (χ3n) is 8.03. The molecular weight excluding hydrogens is 776 g/mol. The van der Waals surface area contributed by atoms with E-state index in [4.69, 9.17) is 30.5 Å². The summed E-state index contributed by atoms with van der Waals surface area (Å²) in [5.41, 5.74) is 0.937. The van der Waals surface area contributed by atoms with Crippen molar-refractivity contribution < 1.29 is 42.9 Å². The standard InChI is InChI=1S/C45H59ClN4O9/c1-14-50(27-28-23-31(38(53)57-43(5,6)7)25-32(24-28)42(2,3)4)36(51)22-18-29-17-21-34(26-35(29)46)56-37(52)30-15-19-33(20-16-30)47-39(48-40(54)58-44(8,9)10)49-41(55)59-45(11,12)13/h15-17,19-21,23-26H,14,18,22,27H2,1-13H3,(H2,47,48,49,54,55). The highest BCUT2D eigenvalue weighted by atomic mass is 35.5. The normalized spacial score (nSPS) is 11.8. The minimum Gasteiger partial charge on any atom is -0.456 e. The smallest absolute Gasteiger partial charge is 0.414 e. The van der Waals surface area contributed by atoms with Gasteiger partial charge in [0, 0.05) is 24.5 Å². The van der Waals surface area contributed by atoms with Gasteiger partial charge in [-0.15, -0.1) is 0 Å². The van der Waals surface area contributed by atoms with E-state index in [1.54, 1.807) is 64.6 Å². The highest BCUT2D eigenvalue weighted by Gasteiger charge is 2.24. The molecule has 2 N–H and O–H groups in total. The lowest BCUT2D eigenvalue weighted by Crippen LogP contribution is -2.47. The highest BCUT2D eigenvalue weighted by molar-refractivity contribution is 6.31. The molecule has 0 saturated heterocycles. The molecule has 0 spiro atoms. The zero-order chi connectivity index (χ0) is 44.5. The molecule has 0 bridgehead atoms. The Kier molecular flexibility index (Phi) is 15.9. The van der Waals surface area contributed by atoms with Crippen molar-refractivity contribution in [3.63, 3.8) is 0 Å². The van der Waals surface area contributed by atoms with Gasteiger partial charge in [0.05, 0.1) is 16.8 Å². The Labute approximate surface area is 353 Å². The molecule has 0 atom stereocenters. The molecule has 0 unspecified atom stereocenters. The molecular formula is C45H59ClN4O9. The van der Waals surface area contributed by atoms with Crippen molar-refractivity contribution >= 4 is 53.3 Å². The maximum absolute atomic E-state index is 13.5. The number of esters is 2. The number of carbonyl (C=O) groups is 5. The number of guanidine groups is 1. The van der Waals surface area contributed by atoms with E-state index in [1.807, 2.05) is 39.8 Å². The first-order valence-electron chi connectivity index (χ1n) is 19.5. The number of nitrogens with one attached hydrogen (secondary N) is 2. The summed E-state index contributed by atoms with van der Waals surface area (Å²) in [5.74, 6) is -1.20. The van der Waals surface area contributed by atoms with Gasteiger partial charge in [0.1, 0.15) is 22.6 Å². The molecule has 0 saturated carbocycles. The molecule has 3 aromatic rings. The highest BCUT2D eigenvalue weighted by Crippen LogP contribution is 2.28. The molecule has 0 heterocycles. The number of alkyl carbamates (subject to hydrolysis) is 2. The number of nitrogens with zero attached hydrogens (tertiary/aromatic N) is 2. The Balaban J connectivity index is 1.68. The van der Waals surface area contributed by atoms with E-state index >= 15 is 0 Å². The summed E-state index contributed by atoms with van der Waals surface area (Å²) in [6.07, 6.45) is -1.16. The van der Waals surface area contributed by atoms with Crippen LogP contribution in [-0.2, 0) is 37.4 Å². The summed E-state index contributed by atoms with van der Waals surface area (Å²) in [4.78, 5) is 70.4. The van der Waals surface area contributed by atoms with Crippen LogP contribution in [0.4, 0.5) is 15.3 Å². The first-order chi connectivity index (χ1) is 27.1. The maximum atomic E-state index is 13.5. The fourth-order valence-corrected chi connectivity index (χ4v) is 5.58. The predicted molar refractivity (Wildman–Crippen MR) is 228 cm³/mol. The second-order valence-corrected chi connectivity index (χ2v) is 18.4. The van der Waals surface area contributed by atoms with Crippen molar-refractivity contribution in [2.75, 3.05) is 6.54 Å². The quantitative estimate of drug-likeness (QED) is 0.0666. The number of ether oxygens (including phenoxy) is 4. The predicted octanol–water partition coefficient (Wildman–Crippen LogP) is 9.83. The van der Waals surface area contributed by atoms with Crippen LogP contribution in [0.5, 0.6) is 5.75 Å². The van der Waals surface area contributed by atoms with Crippen LogP contribution in [0.1, 0.15) is 134 Å². The number of carbonyl (C=O) groups excluding carboxylic acids is 5. The molecule has 0 radical (unpaired) electrons. The Bertz CT molecular complexity index is 2000. The third kappa shape index (κ3) is 16.8. The summed E-state index contributed by atoms with van der Waals surface area (Å²) in [6, 6.07) is 16.4. The van der Waals surface area contributed by atoms with Crippen molar-refractivity contribution in [2.45, 2.75) is 132 Å². The second-order valence-electron chi connectivity index (χ2n) is 18.0. The second kappa shape index (κ2) is 19.5. The maximum Gasteiger partial charge on any atom is 0.414 e. The fraction of sp³-hybridized carbons (Fsp3) is 0.467. The molecule has 13 nitrogen and oxygen atoms in total. The van der Waals surface area contributed by atoms with E-state index in [0.717, 1.165) is 11.1 Å². The molecule has 0 fully saturated rings. The average molecular weight is 835 g/mol. The summed E-state index contributed by atoms with van der Waals surface area (Å²) >= 11 is 6.60. The minimum atomic E-state index is -0.846. The Morgan fingerprint density at radius 2 is 1.24 bits per heavy atom. The van der Waals surface area contributed by atoms with Crippen LogP contribution in [0.2, 0.25) is 5.02 Å². The van der Waals surface area contributed by atoms with Gasteiger partial charge in [-0.25, -0.2) is 24.2 Å². The zero-order valence-electron chi connectivity index (χ0n) is 36.5. The lowest BCUT2D eigenvalue weighted by Gasteiger charge is -2.25. The Hall–Kier alpha value is -5.43. The van der Waals surface area contributed by atoms with Crippen LogP contribution in [0.25, 0.3) is 0 Å². The number of benzene rings is 3. The van der Waals surface area contributed by atoms with Crippen LogP contribution in [0.15, 0.2) is 65.7 Å². The molecule has 59 heavy (non-hydrogen) atoms. The fourth-order valence-electron chi connectivity index (χ4n) is 5.32. The number of hydrogen-bond donors (Lipinski definition) is 2. The van der Waals surface area contributed by atoms with E-state index in [9.17, 15) is 24.0 Å². The van der Waals surface area contributed by atoms with Crippen LogP contribution >= 0.6 is 11.6 Å². The lowest BCUT2D eigenvalue weighted by atomic mass is 9.85. The Morgan fingerprint density at radius 3 is 1.73 bits per heavy atom. The minimum absolute atomic E-state index is 0.0832. The zero-order valence-corrected chi connectivity index (χ0v) is 37.3. The third-order valence-corrected chi connectivity index (χ3v) is 8.38. The van der Waals surface area contributed by atoms with Gasteiger partial charge in [0.15, 0.2) is 0 Å². The van der Waals surface area contributed by atoms with Crippen molar-refractivity contribution in [3.05, 3.63) is 93.5 Å². The average Bonchev–Trinajstić information content (AvgIpc) is 3.07. The van der Waals surface area contributed by atoms with Gasteiger partial charge < -0.3 is 23.8 Å². The van der Waals surface area contributed by atoms with Gasteiger partial charge in [-0.1, -0.05) is 44.5 Å². The first-order valence-corrected chi connectivity index (χ1v) is 19.8. The van der Waals surface area contributed by atoms with Crippen LogP contribution in [-0.4, -0.2) is 64.2 Å². The summed E-state index contributed by atoms with van der Waals surface area (Å²) in [5, 5.41) is 5.14. The molecule has 0 aliphatic rings. The monoisotopic (exact) mass is 834 g/mol. The van der Waals surface area contributed by atoms with Crippen molar-refractivity contribution in [1.29, 1.82) is 0 Å². The number of halogens is 1. The first kappa shape index (κ1) is 47.9. The lowest BCUT2D eigenvalue weighted by molar-refractivity contribution is -0.131. The van der Waals surface area contributed by atoms with Crippen LogP contribution < -0.4 is 15.4 Å². The van der Waals surface area contributed by atoms with Crippen LogP contribution in [0, 0.1) is 0 Å². The van der Waals surface area contributed by atoms with E-state index in [0.29, 0.717) is 35.7 Å². The summed E-state index contributed by atoms with van der Waals surface area (Å²) < 4.78 is 21.8.